The molecule has 1 nitrogen and oxygen atoms in total. The number of benzene rings is 3. The third-order valence-electron chi connectivity index (χ3n) is 6.43. The summed E-state index contributed by atoms with van der Waals surface area (Å²) in [5.41, 5.74) is 4.25. The number of hydrogen-bond donors (Lipinski definition) is 0. The van der Waals surface area contributed by atoms with Crippen LogP contribution in [0.3, 0.4) is 0 Å². The molecule has 1 heterocycles. The zero-order valence-electron chi connectivity index (χ0n) is 18.3. The first kappa shape index (κ1) is 21.7. The molecular formula is C28H30F2O. The Morgan fingerprint density at radius 1 is 0.774 bits per heavy atom. The molecule has 2 atom stereocenters. The summed E-state index contributed by atoms with van der Waals surface area (Å²) in [4.78, 5) is 0. The number of hydrogen-bond acceptors (Lipinski definition) is 1. The lowest BCUT2D eigenvalue weighted by atomic mass is 9.92. The molecule has 0 spiro atoms. The smallest absolute Gasteiger partial charge is 0.167 e. The van der Waals surface area contributed by atoms with Crippen molar-refractivity contribution in [2.75, 3.05) is 6.61 Å². The van der Waals surface area contributed by atoms with Crippen molar-refractivity contribution in [2.24, 2.45) is 5.92 Å². The van der Waals surface area contributed by atoms with Gasteiger partial charge in [0.15, 0.2) is 11.6 Å². The Bertz CT molecular complexity index is 1000. The van der Waals surface area contributed by atoms with Gasteiger partial charge < -0.3 is 4.74 Å². The van der Waals surface area contributed by atoms with Crippen molar-refractivity contribution in [3.8, 4) is 22.3 Å². The van der Waals surface area contributed by atoms with E-state index in [1.54, 1.807) is 12.1 Å². The maximum Gasteiger partial charge on any atom is 0.167 e. The van der Waals surface area contributed by atoms with E-state index in [1.807, 2.05) is 48.5 Å². The summed E-state index contributed by atoms with van der Waals surface area (Å²) in [5, 5.41) is 0. The zero-order valence-corrected chi connectivity index (χ0v) is 18.3. The van der Waals surface area contributed by atoms with E-state index in [0.29, 0.717) is 22.6 Å². The normalized spacial score (nSPS) is 18.8. The molecule has 1 aliphatic heterocycles. The zero-order chi connectivity index (χ0) is 21.8. The van der Waals surface area contributed by atoms with E-state index in [4.69, 9.17) is 4.74 Å². The molecule has 162 valence electrons. The predicted octanol–water partition coefficient (Wildman–Crippen LogP) is 8.13. The first-order valence-corrected chi connectivity index (χ1v) is 11.4. The second-order valence-electron chi connectivity index (χ2n) is 8.53. The molecule has 0 saturated carbocycles. The standard InChI is InChI=1S/C28H30F2O/c1-3-5-20-6-9-21(10-7-20)24-15-16-25(28(30)27(24)29)22-11-13-23(14-12-22)26-17-8-19(4-2)18-31-26/h6-7,9-16,19,26H,3-5,8,17-18H2,1-2H3. The maximum atomic E-state index is 15.0. The van der Waals surface area contributed by atoms with Crippen molar-refractivity contribution in [1.82, 2.24) is 0 Å². The highest BCUT2D eigenvalue weighted by Crippen LogP contribution is 2.35. The van der Waals surface area contributed by atoms with Crippen molar-refractivity contribution >= 4 is 0 Å². The lowest BCUT2D eigenvalue weighted by Crippen LogP contribution is -2.20. The number of ether oxygens (including phenoxy) is 1. The van der Waals surface area contributed by atoms with Gasteiger partial charge in [0, 0.05) is 11.1 Å². The minimum atomic E-state index is -0.803. The number of rotatable bonds is 6. The fourth-order valence-corrected chi connectivity index (χ4v) is 4.40. The van der Waals surface area contributed by atoms with Crippen molar-refractivity contribution in [2.45, 2.75) is 52.1 Å². The van der Waals surface area contributed by atoms with Gasteiger partial charge in [-0.3, -0.25) is 0 Å². The Labute approximate surface area is 184 Å². The average Bonchev–Trinajstić information content (AvgIpc) is 2.82. The van der Waals surface area contributed by atoms with E-state index in [1.165, 1.54) is 12.0 Å². The molecule has 3 aromatic carbocycles. The highest BCUT2D eigenvalue weighted by molar-refractivity contribution is 5.72. The van der Waals surface area contributed by atoms with Gasteiger partial charge >= 0.3 is 0 Å². The monoisotopic (exact) mass is 420 g/mol. The number of aryl methyl sites for hydroxylation is 1. The molecule has 1 fully saturated rings. The van der Waals surface area contributed by atoms with Crippen LogP contribution in [-0.4, -0.2) is 6.61 Å². The summed E-state index contributed by atoms with van der Waals surface area (Å²) in [6, 6.07) is 18.7. The Morgan fingerprint density at radius 3 is 1.84 bits per heavy atom. The van der Waals surface area contributed by atoms with Crippen LogP contribution in [-0.2, 0) is 11.2 Å². The summed E-state index contributed by atoms with van der Waals surface area (Å²) in [5.74, 6) is -0.956. The molecular weight excluding hydrogens is 390 g/mol. The molecule has 3 heteroatoms. The molecule has 4 rings (SSSR count). The number of halogens is 2. The molecule has 31 heavy (non-hydrogen) atoms. The Balaban J connectivity index is 1.54. The minimum absolute atomic E-state index is 0.0940. The maximum absolute atomic E-state index is 15.0. The lowest BCUT2D eigenvalue weighted by Gasteiger charge is -2.28. The Morgan fingerprint density at radius 2 is 1.35 bits per heavy atom. The first-order chi connectivity index (χ1) is 15.1. The molecule has 0 aliphatic carbocycles. The lowest BCUT2D eigenvalue weighted by molar-refractivity contribution is -0.0180. The fraction of sp³-hybridized carbons (Fsp3) is 0.357. The van der Waals surface area contributed by atoms with Gasteiger partial charge in [-0.25, -0.2) is 8.78 Å². The molecule has 1 saturated heterocycles. The SMILES string of the molecule is CCCc1ccc(-c2ccc(-c3ccc(C4CCC(CC)CO4)cc3)c(F)c2F)cc1. The Hall–Kier alpha value is -2.52. The van der Waals surface area contributed by atoms with Gasteiger partial charge in [0.25, 0.3) is 0 Å². The molecule has 0 aromatic heterocycles. The van der Waals surface area contributed by atoms with Gasteiger partial charge in [-0.05, 0) is 47.4 Å². The predicted molar refractivity (Wildman–Crippen MR) is 123 cm³/mol. The summed E-state index contributed by atoms with van der Waals surface area (Å²) in [7, 11) is 0. The third-order valence-corrected chi connectivity index (χ3v) is 6.43. The van der Waals surface area contributed by atoms with Crippen molar-refractivity contribution in [1.29, 1.82) is 0 Å². The largest absolute Gasteiger partial charge is 0.373 e. The molecule has 0 bridgehead atoms. The minimum Gasteiger partial charge on any atom is -0.373 e. The van der Waals surface area contributed by atoms with E-state index in [-0.39, 0.29) is 11.7 Å². The summed E-state index contributed by atoms with van der Waals surface area (Å²) < 4.78 is 35.9. The van der Waals surface area contributed by atoms with E-state index in [0.717, 1.165) is 37.9 Å². The second kappa shape index (κ2) is 9.74. The van der Waals surface area contributed by atoms with Gasteiger partial charge in [-0.15, -0.1) is 0 Å². The van der Waals surface area contributed by atoms with Crippen LogP contribution in [0.1, 0.15) is 56.8 Å². The molecule has 3 aromatic rings. The van der Waals surface area contributed by atoms with Crippen LogP contribution in [0.2, 0.25) is 0 Å². The average molecular weight is 421 g/mol. The second-order valence-corrected chi connectivity index (χ2v) is 8.53. The van der Waals surface area contributed by atoms with Gasteiger partial charge in [0.1, 0.15) is 0 Å². The van der Waals surface area contributed by atoms with E-state index >= 15 is 0 Å². The van der Waals surface area contributed by atoms with Crippen molar-refractivity contribution in [3.05, 3.63) is 83.4 Å². The molecule has 2 unspecified atom stereocenters. The van der Waals surface area contributed by atoms with Crippen LogP contribution in [0.15, 0.2) is 60.7 Å². The van der Waals surface area contributed by atoms with E-state index in [2.05, 4.69) is 13.8 Å². The van der Waals surface area contributed by atoms with Crippen LogP contribution in [0.4, 0.5) is 8.78 Å². The molecule has 0 amide bonds. The van der Waals surface area contributed by atoms with Gasteiger partial charge in [0.2, 0.25) is 0 Å². The highest BCUT2D eigenvalue weighted by Gasteiger charge is 2.22. The van der Waals surface area contributed by atoms with Crippen molar-refractivity contribution in [3.63, 3.8) is 0 Å². The van der Waals surface area contributed by atoms with Gasteiger partial charge in [-0.2, -0.15) is 0 Å². The third kappa shape index (κ3) is 4.72. The fourth-order valence-electron chi connectivity index (χ4n) is 4.40. The van der Waals surface area contributed by atoms with Crippen LogP contribution in [0, 0.1) is 17.6 Å². The quantitative estimate of drug-likeness (QED) is 0.391. The van der Waals surface area contributed by atoms with Crippen molar-refractivity contribution < 1.29 is 13.5 Å². The van der Waals surface area contributed by atoms with E-state index in [9.17, 15) is 8.78 Å². The summed E-state index contributed by atoms with van der Waals surface area (Å²) in [6.07, 6.45) is 5.46. The molecule has 0 radical (unpaired) electrons. The Kier molecular flexibility index (Phi) is 6.82. The van der Waals surface area contributed by atoms with Gasteiger partial charge in [-0.1, -0.05) is 87.4 Å². The summed E-state index contributed by atoms with van der Waals surface area (Å²) >= 11 is 0. The van der Waals surface area contributed by atoms with Crippen LogP contribution in [0.25, 0.3) is 22.3 Å². The summed E-state index contributed by atoms with van der Waals surface area (Å²) in [6.45, 7) is 5.12. The van der Waals surface area contributed by atoms with Crippen LogP contribution >= 0.6 is 0 Å². The topological polar surface area (TPSA) is 9.23 Å². The highest BCUT2D eigenvalue weighted by atomic mass is 19.2. The molecule has 0 N–H and O–H groups in total. The molecule has 1 aliphatic rings. The van der Waals surface area contributed by atoms with E-state index < -0.39 is 11.6 Å². The first-order valence-electron chi connectivity index (χ1n) is 11.4. The van der Waals surface area contributed by atoms with Crippen LogP contribution < -0.4 is 0 Å². The van der Waals surface area contributed by atoms with Gasteiger partial charge in [0.05, 0.1) is 12.7 Å². The van der Waals surface area contributed by atoms with Crippen LogP contribution in [0.5, 0.6) is 0 Å².